The van der Waals surface area contributed by atoms with Gasteiger partial charge in [-0.05, 0) is 51.6 Å². The van der Waals surface area contributed by atoms with Crippen molar-refractivity contribution in [2.45, 2.75) is 74.8 Å². The highest BCUT2D eigenvalue weighted by Gasteiger charge is 2.46. The molecule has 2 spiro atoms. The van der Waals surface area contributed by atoms with Crippen molar-refractivity contribution in [1.29, 1.82) is 0 Å². The van der Waals surface area contributed by atoms with Gasteiger partial charge in [-0.3, -0.25) is 0 Å². The van der Waals surface area contributed by atoms with Crippen LogP contribution in [-0.4, -0.2) is 49.7 Å². The number of ether oxygens (including phenoxy) is 3. The second kappa shape index (κ2) is 5.24. The van der Waals surface area contributed by atoms with E-state index >= 15 is 0 Å². The van der Waals surface area contributed by atoms with Crippen molar-refractivity contribution in [2.24, 2.45) is 0 Å². The smallest absolute Gasteiger partial charge is 0.0840 e. The van der Waals surface area contributed by atoms with Gasteiger partial charge in [-0.1, -0.05) is 0 Å². The number of hydrogen-bond acceptors (Lipinski definition) is 4. The van der Waals surface area contributed by atoms with E-state index in [1.807, 2.05) is 0 Å². The van der Waals surface area contributed by atoms with Crippen LogP contribution in [0.5, 0.6) is 0 Å². The molecule has 0 amide bonds. The van der Waals surface area contributed by atoms with E-state index in [1.54, 1.807) is 0 Å². The van der Waals surface area contributed by atoms with Gasteiger partial charge in [0, 0.05) is 19.4 Å². The molecular formula is C16H27NO3. The second-order valence-electron chi connectivity index (χ2n) is 7.21. The first-order chi connectivity index (χ1) is 9.78. The molecule has 3 saturated heterocycles. The molecular weight excluding hydrogens is 254 g/mol. The maximum absolute atomic E-state index is 6.39. The predicted octanol–water partition coefficient (Wildman–Crippen LogP) is 2.02. The van der Waals surface area contributed by atoms with Gasteiger partial charge in [0.25, 0.3) is 0 Å². The van der Waals surface area contributed by atoms with Crippen LogP contribution in [0.1, 0.15) is 51.4 Å². The van der Waals surface area contributed by atoms with Crippen LogP contribution in [0.25, 0.3) is 0 Å². The van der Waals surface area contributed by atoms with E-state index < -0.39 is 0 Å². The van der Waals surface area contributed by atoms with Crippen molar-refractivity contribution in [3.8, 4) is 0 Å². The first kappa shape index (κ1) is 13.5. The molecule has 4 aliphatic rings. The summed E-state index contributed by atoms with van der Waals surface area (Å²) in [7, 11) is 0. The van der Waals surface area contributed by atoms with E-state index in [0.29, 0.717) is 12.2 Å². The van der Waals surface area contributed by atoms with Crippen LogP contribution in [0.2, 0.25) is 0 Å². The summed E-state index contributed by atoms with van der Waals surface area (Å²) < 4.78 is 18.5. The maximum atomic E-state index is 6.39. The predicted molar refractivity (Wildman–Crippen MR) is 75.8 cm³/mol. The number of hydrogen-bond donors (Lipinski definition) is 1. The Morgan fingerprint density at radius 2 is 1.65 bits per heavy atom. The van der Waals surface area contributed by atoms with Gasteiger partial charge >= 0.3 is 0 Å². The summed E-state index contributed by atoms with van der Waals surface area (Å²) in [6.07, 6.45) is 10.1. The summed E-state index contributed by atoms with van der Waals surface area (Å²) in [4.78, 5) is 0. The lowest BCUT2D eigenvalue weighted by atomic mass is 9.74. The van der Waals surface area contributed by atoms with Gasteiger partial charge < -0.3 is 19.5 Å². The summed E-state index contributed by atoms with van der Waals surface area (Å²) in [5.74, 6) is 0. The third-order valence-electron chi connectivity index (χ3n) is 5.79. The van der Waals surface area contributed by atoms with Crippen LogP contribution in [-0.2, 0) is 14.2 Å². The molecule has 1 N–H and O–H groups in total. The molecule has 0 radical (unpaired) electrons. The molecule has 2 atom stereocenters. The summed E-state index contributed by atoms with van der Waals surface area (Å²) in [5, 5.41) is 3.42. The van der Waals surface area contributed by atoms with Gasteiger partial charge in [-0.25, -0.2) is 0 Å². The Kier molecular flexibility index (Phi) is 3.53. The van der Waals surface area contributed by atoms with Gasteiger partial charge in [0.2, 0.25) is 0 Å². The fraction of sp³-hybridized carbons (Fsp3) is 1.00. The Bertz CT molecular complexity index is 350. The first-order valence-corrected chi connectivity index (χ1v) is 8.42. The van der Waals surface area contributed by atoms with E-state index in [9.17, 15) is 0 Å². The average Bonchev–Trinajstić information content (AvgIpc) is 2.81. The van der Waals surface area contributed by atoms with Crippen LogP contribution in [0, 0.1) is 0 Å². The molecule has 1 saturated carbocycles. The van der Waals surface area contributed by atoms with Gasteiger partial charge in [0.15, 0.2) is 0 Å². The van der Waals surface area contributed by atoms with E-state index in [0.717, 1.165) is 58.4 Å². The van der Waals surface area contributed by atoms with Gasteiger partial charge in [-0.2, -0.15) is 0 Å². The molecule has 20 heavy (non-hydrogen) atoms. The van der Waals surface area contributed by atoms with Gasteiger partial charge in [0.05, 0.1) is 30.0 Å². The van der Waals surface area contributed by atoms with Crippen molar-refractivity contribution in [3.05, 3.63) is 0 Å². The topological polar surface area (TPSA) is 39.7 Å². The highest BCUT2D eigenvalue weighted by atomic mass is 16.6. The molecule has 4 heteroatoms. The SMILES string of the molecule is C1CC2(C1)CC(OC1COC3(CCNCC3)C1)CCO2. The van der Waals surface area contributed by atoms with Crippen molar-refractivity contribution in [1.82, 2.24) is 5.32 Å². The molecule has 3 aliphatic heterocycles. The summed E-state index contributed by atoms with van der Waals surface area (Å²) in [5.41, 5.74) is 0.310. The summed E-state index contributed by atoms with van der Waals surface area (Å²) in [6, 6.07) is 0. The zero-order valence-corrected chi connectivity index (χ0v) is 12.4. The van der Waals surface area contributed by atoms with E-state index in [1.165, 1.54) is 19.3 Å². The summed E-state index contributed by atoms with van der Waals surface area (Å²) >= 11 is 0. The largest absolute Gasteiger partial charge is 0.375 e. The molecule has 114 valence electrons. The standard InChI is InChI=1S/C16H27NO3/c1-3-15(4-1)10-13(2-9-18-15)20-14-11-16(19-12-14)5-7-17-8-6-16/h13-14,17H,1-12H2. The fourth-order valence-electron chi connectivity index (χ4n) is 4.41. The van der Waals surface area contributed by atoms with Crippen LogP contribution >= 0.6 is 0 Å². The molecule has 2 unspecified atom stereocenters. The van der Waals surface area contributed by atoms with Crippen molar-refractivity contribution in [2.75, 3.05) is 26.3 Å². The number of piperidine rings is 1. The highest BCUT2D eigenvalue weighted by molar-refractivity contribution is 4.97. The Hall–Kier alpha value is -0.160. The van der Waals surface area contributed by atoms with Crippen molar-refractivity contribution < 1.29 is 14.2 Å². The minimum Gasteiger partial charge on any atom is -0.375 e. The Morgan fingerprint density at radius 3 is 2.40 bits per heavy atom. The monoisotopic (exact) mass is 281 g/mol. The van der Waals surface area contributed by atoms with Gasteiger partial charge in [0.1, 0.15) is 0 Å². The zero-order chi connectivity index (χ0) is 13.5. The quantitative estimate of drug-likeness (QED) is 0.840. The van der Waals surface area contributed by atoms with Crippen molar-refractivity contribution >= 4 is 0 Å². The third-order valence-corrected chi connectivity index (χ3v) is 5.79. The lowest BCUT2D eigenvalue weighted by Crippen LogP contribution is -2.48. The molecule has 4 nitrogen and oxygen atoms in total. The Morgan fingerprint density at radius 1 is 0.900 bits per heavy atom. The number of nitrogens with one attached hydrogen (secondary N) is 1. The van der Waals surface area contributed by atoms with E-state index in [-0.39, 0.29) is 11.2 Å². The van der Waals surface area contributed by atoms with Crippen molar-refractivity contribution in [3.63, 3.8) is 0 Å². The Balaban J connectivity index is 1.31. The minimum absolute atomic E-state index is 0.120. The molecule has 4 rings (SSSR count). The summed E-state index contributed by atoms with van der Waals surface area (Å²) in [6.45, 7) is 3.86. The number of rotatable bonds is 2. The van der Waals surface area contributed by atoms with Crippen LogP contribution < -0.4 is 5.32 Å². The Labute approximate surface area is 121 Å². The molecule has 0 aromatic carbocycles. The maximum Gasteiger partial charge on any atom is 0.0840 e. The normalized spacial score (nSPS) is 39.0. The average molecular weight is 281 g/mol. The molecule has 4 fully saturated rings. The lowest BCUT2D eigenvalue weighted by Gasteiger charge is -2.47. The minimum atomic E-state index is 0.120. The molecule has 3 heterocycles. The lowest BCUT2D eigenvalue weighted by molar-refractivity contribution is -0.178. The van der Waals surface area contributed by atoms with E-state index in [4.69, 9.17) is 14.2 Å². The fourth-order valence-corrected chi connectivity index (χ4v) is 4.41. The van der Waals surface area contributed by atoms with Crippen LogP contribution in [0.4, 0.5) is 0 Å². The molecule has 1 aliphatic carbocycles. The molecule has 0 aromatic rings. The third kappa shape index (κ3) is 2.52. The van der Waals surface area contributed by atoms with Gasteiger partial charge in [-0.15, -0.1) is 0 Å². The van der Waals surface area contributed by atoms with E-state index in [2.05, 4.69) is 5.32 Å². The zero-order valence-electron chi connectivity index (χ0n) is 12.4. The second-order valence-corrected chi connectivity index (χ2v) is 7.21. The molecule has 0 aromatic heterocycles. The highest BCUT2D eigenvalue weighted by Crippen LogP contribution is 2.44. The molecule has 0 bridgehead atoms. The van der Waals surface area contributed by atoms with Crippen LogP contribution in [0.15, 0.2) is 0 Å². The first-order valence-electron chi connectivity index (χ1n) is 8.42. The van der Waals surface area contributed by atoms with Crippen LogP contribution in [0.3, 0.4) is 0 Å².